The van der Waals surface area contributed by atoms with E-state index in [1.807, 2.05) is 12.4 Å². The number of aromatic nitrogens is 1. The molecule has 0 aliphatic carbocycles. The van der Waals surface area contributed by atoms with E-state index in [9.17, 15) is 0 Å². The number of pyridine rings is 1. The van der Waals surface area contributed by atoms with Crippen molar-refractivity contribution in [1.82, 2.24) is 9.88 Å². The highest BCUT2D eigenvalue weighted by molar-refractivity contribution is 5.85. The Kier molecular flexibility index (Phi) is 3.90. The quantitative estimate of drug-likeness (QED) is 0.712. The summed E-state index contributed by atoms with van der Waals surface area (Å²) in [7, 11) is 2.20. The van der Waals surface area contributed by atoms with Crippen molar-refractivity contribution < 1.29 is 0 Å². The molecule has 78 valence electrons. The van der Waals surface area contributed by atoms with Crippen molar-refractivity contribution in [3.05, 3.63) is 29.6 Å². The van der Waals surface area contributed by atoms with E-state index >= 15 is 0 Å². The number of likely N-dealkylation sites (tertiary alicyclic amines) is 1. The first-order valence-electron chi connectivity index (χ1n) is 4.90. The van der Waals surface area contributed by atoms with Crippen molar-refractivity contribution in [1.29, 1.82) is 0 Å². The summed E-state index contributed by atoms with van der Waals surface area (Å²) in [4.78, 5) is 6.62. The SMILES string of the molecule is Cc1ccncc1C1CCCN1C.Cl. The Labute approximate surface area is 91.7 Å². The fourth-order valence-electron chi connectivity index (χ4n) is 2.13. The number of rotatable bonds is 1. The van der Waals surface area contributed by atoms with Gasteiger partial charge in [-0.25, -0.2) is 0 Å². The Morgan fingerprint density at radius 3 is 2.86 bits per heavy atom. The minimum absolute atomic E-state index is 0. The third-order valence-corrected chi connectivity index (χ3v) is 2.96. The zero-order valence-electron chi connectivity index (χ0n) is 8.73. The van der Waals surface area contributed by atoms with E-state index in [0.29, 0.717) is 6.04 Å². The highest BCUT2D eigenvalue weighted by Gasteiger charge is 2.23. The molecule has 1 aliphatic rings. The predicted octanol–water partition coefficient (Wildman–Crippen LogP) is 2.58. The van der Waals surface area contributed by atoms with Crippen LogP contribution in [0.25, 0.3) is 0 Å². The largest absolute Gasteiger partial charge is 0.299 e. The minimum Gasteiger partial charge on any atom is -0.299 e. The van der Waals surface area contributed by atoms with Gasteiger partial charge in [-0.2, -0.15) is 0 Å². The molecule has 1 unspecified atom stereocenters. The van der Waals surface area contributed by atoms with Gasteiger partial charge in [-0.3, -0.25) is 9.88 Å². The van der Waals surface area contributed by atoms with Crippen LogP contribution in [0.2, 0.25) is 0 Å². The molecule has 1 saturated heterocycles. The Morgan fingerprint density at radius 2 is 2.29 bits per heavy atom. The van der Waals surface area contributed by atoms with Crippen LogP contribution in [-0.2, 0) is 0 Å². The van der Waals surface area contributed by atoms with Crippen molar-refractivity contribution in [2.24, 2.45) is 0 Å². The lowest BCUT2D eigenvalue weighted by Crippen LogP contribution is -2.18. The van der Waals surface area contributed by atoms with Crippen molar-refractivity contribution in [2.75, 3.05) is 13.6 Å². The first-order valence-corrected chi connectivity index (χ1v) is 4.90. The van der Waals surface area contributed by atoms with Crippen molar-refractivity contribution in [2.45, 2.75) is 25.8 Å². The van der Waals surface area contributed by atoms with Crippen LogP contribution in [0.1, 0.15) is 30.0 Å². The van der Waals surface area contributed by atoms with Crippen LogP contribution in [-0.4, -0.2) is 23.5 Å². The second-order valence-corrected chi connectivity index (χ2v) is 3.87. The molecule has 0 spiro atoms. The number of hydrogen-bond donors (Lipinski definition) is 0. The molecule has 2 nitrogen and oxygen atoms in total. The van der Waals surface area contributed by atoms with E-state index in [1.165, 1.54) is 30.5 Å². The lowest BCUT2D eigenvalue weighted by atomic mass is 10.0. The topological polar surface area (TPSA) is 16.1 Å². The molecule has 2 rings (SSSR count). The molecule has 14 heavy (non-hydrogen) atoms. The second kappa shape index (κ2) is 4.76. The van der Waals surface area contributed by atoms with Gasteiger partial charge in [-0.1, -0.05) is 0 Å². The van der Waals surface area contributed by atoms with E-state index in [2.05, 4.69) is 29.9 Å². The monoisotopic (exact) mass is 212 g/mol. The molecular weight excluding hydrogens is 196 g/mol. The van der Waals surface area contributed by atoms with Gasteiger partial charge in [0.15, 0.2) is 0 Å². The molecule has 1 atom stereocenters. The maximum atomic E-state index is 4.20. The van der Waals surface area contributed by atoms with Gasteiger partial charge in [-0.15, -0.1) is 12.4 Å². The lowest BCUT2D eigenvalue weighted by molar-refractivity contribution is 0.316. The Hall–Kier alpha value is -0.600. The van der Waals surface area contributed by atoms with E-state index in [-0.39, 0.29) is 12.4 Å². The first-order chi connectivity index (χ1) is 6.29. The van der Waals surface area contributed by atoms with Gasteiger partial charge < -0.3 is 0 Å². The molecule has 3 heteroatoms. The molecule has 0 amide bonds. The number of aryl methyl sites for hydroxylation is 1. The Balaban J connectivity index is 0.000000980. The van der Waals surface area contributed by atoms with Crippen LogP contribution < -0.4 is 0 Å². The maximum Gasteiger partial charge on any atom is 0.0363 e. The summed E-state index contributed by atoms with van der Waals surface area (Å²) >= 11 is 0. The maximum absolute atomic E-state index is 4.20. The van der Waals surface area contributed by atoms with Gasteiger partial charge in [0, 0.05) is 18.4 Å². The number of nitrogens with zero attached hydrogens (tertiary/aromatic N) is 2. The van der Waals surface area contributed by atoms with E-state index < -0.39 is 0 Å². The van der Waals surface area contributed by atoms with Gasteiger partial charge in [0.1, 0.15) is 0 Å². The van der Waals surface area contributed by atoms with E-state index in [1.54, 1.807) is 0 Å². The van der Waals surface area contributed by atoms with Crippen LogP contribution in [0, 0.1) is 6.92 Å². The van der Waals surface area contributed by atoms with Crippen LogP contribution >= 0.6 is 12.4 Å². The number of halogens is 1. The zero-order chi connectivity index (χ0) is 9.26. The summed E-state index contributed by atoms with van der Waals surface area (Å²) in [6.07, 6.45) is 6.48. The molecule has 0 aromatic carbocycles. The summed E-state index contributed by atoms with van der Waals surface area (Å²) in [5, 5.41) is 0. The summed E-state index contributed by atoms with van der Waals surface area (Å²) < 4.78 is 0. The molecule has 0 bridgehead atoms. The third-order valence-electron chi connectivity index (χ3n) is 2.96. The van der Waals surface area contributed by atoms with Gasteiger partial charge in [0.2, 0.25) is 0 Å². The van der Waals surface area contributed by atoms with E-state index in [0.717, 1.165) is 0 Å². The number of hydrogen-bond acceptors (Lipinski definition) is 2. The fraction of sp³-hybridized carbons (Fsp3) is 0.545. The fourth-order valence-corrected chi connectivity index (χ4v) is 2.13. The van der Waals surface area contributed by atoms with Crippen molar-refractivity contribution >= 4 is 12.4 Å². The average Bonchev–Trinajstić information content (AvgIpc) is 2.52. The summed E-state index contributed by atoms with van der Waals surface area (Å²) in [6, 6.07) is 2.70. The highest BCUT2D eigenvalue weighted by Crippen LogP contribution is 2.31. The zero-order valence-corrected chi connectivity index (χ0v) is 9.55. The Bertz CT molecular complexity index is 301. The van der Waals surface area contributed by atoms with Crippen LogP contribution in [0.15, 0.2) is 18.5 Å². The molecule has 1 aliphatic heterocycles. The molecular formula is C11H17ClN2. The van der Waals surface area contributed by atoms with Gasteiger partial charge in [0.25, 0.3) is 0 Å². The van der Waals surface area contributed by atoms with Gasteiger partial charge in [0.05, 0.1) is 0 Å². The standard InChI is InChI=1S/C11H16N2.ClH/c1-9-5-6-12-8-10(9)11-4-3-7-13(11)2;/h5-6,8,11H,3-4,7H2,1-2H3;1H. The van der Waals surface area contributed by atoms with Crippen LogP contribution in [0.4, 0.5) is 0 Å². The molecule has 1 aromatic rings. The second-order valence-electron chi connectivity index (χ2n) is 3.87. The lowest BCUT2D eigenvalue weighted by Gasteiger charge is -2.20. The summed E-state index contributed by atoms with van der Waals surface area (Å²) in [5.41, 5.74) is 2.77. The molecule has 1 aromatic heterocycles. The van der Waals surface area contributed by atoms with Crippen LogP contribution in [0.5, 0.6) is 0 Å². The third kappa shape index (κ3) is 2.07. The van der Waals surface area contributed by atoms with Gasteiger partial charge >= 0.3 is 0 Å². The van der Waals surface area contributed by atoms with Crippen molar-refractivity contribution in [3.8, 4) is 0 Å². The molecule has 0 N–H and O–H groups in total. The molecule has 1 fully saturated rings. The molecule has 0 radical (unpaired) electrons. The predicted molar refractivity (Wildman–Crippen MR) is 60.8 cm³/mol. The highest BCUT2D eigenvalue weighted by atomic mass is 35.5. The molecule has 2 heterocycles. The average molecular weight is 213 g/mol. The van der Waals surface area contributed by atoms with Crippen LogP contribution in [0.3, 0.4) is 0 Å². The van der Waals surface area contributed by atoms with Crippen molar-refractivity contribution in [3.63, 3.8) is 0 Å². The van der Waals surface area contributed by atoms with Gasteiger partial charge in [-0.05, 0) is 50.6 Å². The first kappa shape index (κ1) is 11.5. The van der Waals surface area contributed by atoms with E-state index in [4.69, 9.17) is 0 Å². The Morgan fingerprint density at radius 1 is 1.50 bits per heavy atom. The summed E-state index contributed by atoms with van der Waals surface area (Å²) in [6.45, 7) is 3.39. The summed E-state index contributed by atoms with van der Waals surface area (Å²) in [5.74, 6) is 0. The normalized spacial score (nSPS) is 22.0. The smallest absolute Gasteiger partial charge is 0.0363 e. The molecule has 0 saturated carbocycles. The minimum atomic E-state index is 0.